The Labute approximate surface area is 221 Å². The normalized spacial score (nSPS) is 16.3. The van der Waals surface area contributed by atoms with Crippen LogP contribution in [0.15, 0.2) is 48.5 Å². The lowest BCUT2D eigenvalue weighted by molar-refractivity contribution is 0.0664. The zero-order valence-electron chi connectivity index (χ0n) is 21.7. The molecule has 11 nitrogen and oxygen atoms in total. The molecule has 2 aliphatic rings. The minimum absolute atomic E-state index is 0.0135. The summed E-state index contributed by atoms with van der Waals surface area (Å²) >= 11 is 0. The van der Waals surface area contributed by atoms with Gasteiger partial charge in [0.05, 0.1) is 13.2 Å². The molecule has 11 heteroatoms. The highest BCUT2D eigenvalue weighted by Gasteiger charge is 2.20. The van der Waals surface area contributed by atoms with Crippen molar-refractivity contribution in [3.63, 3.8) is 0 Å². The zero-order valence-corrected chi connectivity index (χ0v) is 21.7. The summed E-state index contributed by atoms with van der Waals surface area (Å²) in [6, 6.07) is 13.9. The van der Waals surface area contributed by atoms with Gasteiger partial charge in [0.2, 0.25) is 5.95 Å². The van der Waals surface area contributed by atoms with Crippen molar-refractivity contribution < 1.29 is 14.3 Å². The smallest absolute Gasteiger partial charge is 0.323 e. The lowest BCUT2D eigenvalue weighted by Gasteiger charge is -2.32. The molecular weight excluding hydrogens is 484 g/mol. The molecule has 2 aliphatic heterocycles. The van der Waals surface area contributed by atoms with Crippen molar-refractivity contribution in [3.05, 3.63) is 59.9 Å². The largest absolute Gasteiger partial charge is 0.378 e. The summed E-state index contributed by atoms with van der Waals surface area (Å²) < 4.78 is 5.42. The highest BCUT2D eigenvalue weighted by molar-refractivity contribution is 6.00. The Hall–Kier alpha value is -4.09. The topological polar surface area (TPSA) is 116 Å². The Morgan fingerprint density at radius 2 is 1.39 bits per heavy atom. The second kappa shape index (κ2) is 11.5. The molecule has 0 unspecified atom stereocenters. The predicted molar refractivity (Wildman–Crippen MR) is 146 cm³/mol. The van der Waals surface area contributed by atoms with E-state index in [1.165, 1.54) is 0 Å². The van der Waals surface area contributed by atoms with Gasteiger partial charge in [0.1, 0.15) is 5.82 Å². The van der Waals surface area contributed by atoms with Gasteiger partial charge >= 0.3 is 6.03 Å². The van der Waals surface area contributed by atoms with Gasteiger partial charge in [0, 0.05) is 61.8 Å². The zero-order chi connectivity index (χ0) is 26.5. The highest BCUT2D eigenvalue weighted by Crippen LogP contribution is 2.21. The van der Waals surface area contributed by atoms with E-state index in [9.17, 15) is 9.59 Å². The number of benzene rings is 2. The van der Waals surface area contributed by atoms with E-state index in [4.69, 9.17) is 4.74 Å². The van der Waals surface area contributed by atoms with Crippen molar-refractivity contribution in [2.45, 2.75) is 6.92 Å². The number of likely N-dealkylation sites (N-methyl/N-ethyl adjacent to an activating group) is 1. The summed E-state index contributed by atoms with van der Waals surface area (Å²) in [6.45, 7) is 7.84. The van der Waals surface area contributed by atoms with Crippen molar-refractivity contribution in [1.82, 2.24) is 24.8 Å². The third-order valence-electron chi connectivity index (χ3n) is 6.61. The lowest BCUT2D eigenvalue weighted by Crippen LogP contribution is -2.47. The van der Waals surface area contributed by atoms with Crippen LogP contribution < -0.4 is 15.5 Å². The third kappa shape index (κ3) is 6.24. The molecule has 198 valence electrons. The number of nitrogens with zero attached hydrogens (tertiary/aromatic N) is 6. The number of aryl methyl sites for hydroxylation is 1. The molecule has 0 aliphatic carbocycles. The molecule has 0 spiro atoms. The minimum atomic E-state index is -0.374. The van der Waals surface area contributed by atoms with Gasteiger partial charge in [-0.3, -0.25) is 4.79 Å². The quantitative estimate of drug-likeness (QED) is 0.532. The molecule has 3 heterocycles. The van der Waals surface area contributed by atoms with E-state index in [0.717, 1.165) is 44.8 Å². The van der Waals surface area contributed by atoms with E-state index >= 15 is 0 Å². The van der Waals surface area contributed by atoms with Crippen LogP contribution in [0.1, 0.15) is 16.2 Å². The van der Waals surface area contributed by atoms with E-state index in [1.54, 1.807) is 36.4 Å². The van der Waals surface area contributed by atoms with Crippen LogP contribution in [-0.4, -0.2) is 96.2 Å². The molecule has 2 fully saturated rings. The summed E-state index contributed by atoms with van der Waals surface area (Å²) in [6.07, 6.45) is 0. The van der Waals surface area contributed by atoms with Crippen molar-refractivity contribution in [1.29, 1.82) is 0 Å². The maximum atomic E-state index is 12.7. The first-order valence-electron chi connectivity index (χ1n) is 12.8. The van der Waals surface area contributed by atoms with Gasteiger partial charge < -0.3 is 30.1 Å². The first-order chi connectivity index (χ1) is 18.4. The van der Waals surface area contributed by atoms with E-state index in [1.807, 2.05) is 24.0 Å². The second-order valence-corrected chi connectivity index (χ2v) is 9.43. The fourth-order valence-electron chi connectivity index (χ4n) is 4.39. The van der Waals surface area contributed by atoms with Crippen molar-refractivity contribution in [3.8, 4) is 11.4 Å². The van der Waals surface area contributed by atoms with Crippen molar-refractivity contribution >= 4 is 29.3 Å². The molecule has 0 radical (unpaired) electrons. The van der Waals surface area contributed by atoms with Gasteiger partial charge in [-0.15, -0.1) is 0 Å². The summed E-state index contributed by atoms with van der Waals surface area (Å²) in [5, 5.41) is 5.64. The number of urea groups is 1. The van der Waals surface area contributed by atoms with Crippen LogP contribution in [0.4, 0.5) is 22.1 Å². The molecule has 1 aromatic heterocycles. The fraction of sp³-hybridized carbons (Fsp3) is 0.370. The third-order valence-corrected chi connectivity index (χ3v) is 6.61. The van der Waals surface area contributed by atoms with Crippen LogP contribution in [0, 0.1) is 6.92 Å². The van der Waals surface area contributed by atoms with Crippen LogP contribution in [0.3, 0.4) is 0 Å². The number of ether oxygens (including phenoxy) is 1. The number of amides is 3. The number of aromatic nitrogens is 3. The average Bonchev–Trinajstić information content (AvgIpc) is 2.94. The number of hydrogen-bond acceptors (Lipinski definition) is 8. The number of piperazine rings is 1. The van der Waals surface area contributed by atoms with E-state index in [0.29, 0.717) is 47.7 Å². The summed E-state index contributed by atoms with van der Waals surface area (Å²) in [5.74, 6) is 1.89. The summed E-state index contributed by atoms with van der Waals surface area (Å²) in [4.78, 5) is 45.0. The van der Waals surface area contributed by atoms with E-state index in [2.05, 4.69) is 42.4 Å². The molecule has 3 amide bonds. The van der Waals surface area contributed by atoms with Crippen LogP contribution in [0.5, 0.6) is 0 Å². The second-order valence-electron chi connectivity index (χ2n) is 9.43. The lowest BCUT2D eigenvalue weighted by atomic mass is 10.1. The van der Waals surface area contributed by atoms with Gasteiger partial charge in [-0.25, -0.2) is 9.78 Å². The van der Waals surface area contributed by atoms with Gasteiger partial charge in [0.25, 0.3) is 5.91 Å². The van der Waals surface area contributed by atoms with Crippen LogP contribution in [0.25, 0.3) is 11.4 Å². The molecule has 3 aromatic rings. The number of carbonyl (C=O) groups is 2. The number of hydrogen-bond donors (Lipinski definition) is 2. The van der Waals surface area contributed by atoms with Crippen LogP contribution >= 0.6 is 0 Å². The number of nitrogens with one attached hydrogen (secondary N) is 2. The Morgan fingerprint density at radius 1 is 0.789 bits per heavy atom. The Kier molecular flexibility index (Phi) is 7.75. The Bertz CT molecular complexity index is 1270. The van der Waals surface area contributed by atoms with Crippen LogP contribution in [0.2, 0.25) is 0 Å². The predicted octanol–water partition coefficient (Wildman–Crippen LogP) is 2.72. The maximum absolute atomic E-state index is 12.7. The average molecular weight is 517 g/mol. The Morgan fingerprint density at radius 3 is 2.03 bits per heavy atom. The first kappa shape index (κ1) is 25.6. The molecule has 0 bridgehead atoms. The highest BCUT2D eigenvalue weighted by atomic mass is 16.5. The summed E-state index contributed by atoms with van der Waals surface area (Å²) in [5.41, 5.74) is 2.68. The molecular formula is C27H32N8O3. The fourth-order valence-corrected chi connectivity index (χ4v) is 4.39. The molecule has 0 saturated carbocycles. The number of rotatable bonds is 5. The molecule has 38 heavy (non-hydrogen) atoms. The first-order valence-corrected chi connectivity index (χ1v) is 12.8. The van der Waals surface area contributed by atoms with Gasteiger partial charge in [-0.05, 0) is 62.5 Å². The minimum Gasteiger partial charge on any atom is -0.378 e. The molecule has 5 rings (SSSR count). The maximum Gasteiger partial charge on any atom is 0.323 e. The van der Waals surface area contributed by atoms with Crippen molar-refractivity contribution in [2.24, 2.45) is 0 Å². The van der Waals surface area contributed by atoms with E-state index in [-0.39, 0.29) is 11.9 Å². The summed E-state index contributed by atoms with van der Waals surface area (Å²) in [7, 11) is 2.06. The molecule has 2 saturated heterocycles. The van der Waals surface area contributed by atoms with Gasteiger partial charge in [0.15, 0.2) is 5.82 Å². The standard InChI is InChI=1S/C27H32N8O3/c1-19-28-24(32-26(29-19)35-15-17-38-18-16-35)20-3-7-22(8-4-20)30-27(37)31-23-9-5-21(6-10-23)25(36)34-13-11-33(2)12-14-34/h3-10H,11-18H2,1-2H3,(H2,30,31,37). The number of anilines is 3. The number of morpholine rings is 1. The molecule has 2 N–H and O–H groups in total. The monoisotopic (exact) mass is 516 g/mol. The molecule has 2 aromatic carbocycles. The molecule has 0 atom stereocenters. The Balaban J connectivity index is 1.17. The van der Waals surface area contributed by atoms with E-state index < -0.39 is 0 Å². The van der Waals surface area contributed by atoms with Gasteiger partial charge in [-0.2, -0.15) is 9.97 Å². The number of carbonyl (C=O) groups excluding carboxylic acids is 2. The van der Waals surface area contributed by atoms with Crippen LogP contribution in [-0.2, 0) is 4.74 Å². The SMILES string of the molecule is Cc1nc(-c2ccc(NC(=O)Nc3ccc(C(=O)N4CCN(C)CC4)cc3)cc2)nc(N2CCOCC2)n1. The van der Waals surface area contributed by atoms with Crippen molar-refractivity contribution in [2.75, 3.05) is 75.1 Å². The van der Waals surface area contributed by atoms with Gasteiger partial charge in [-0.1, -0.05) is 0 Å².